The molecule has 0 radical (unpaired) electrons. The standard InChI is InChI=1S/C21H26F3N5O2/c1-25-20(27-11-9-15-6-4-7-16(14-15)19(30)29(2)3)28-12-13-31-18-17(21(22,23)24)8-5-10-26-18/h4-8,10,14H,9,11-13H2,1-3H3,(H2,25,27,28). The first kappa shape index (κ1) is 24.0. The van der Waals surface area contributed by atoms with Crippen molar-refractivity contribution in [3.05, 3.63) is 59.3 Å². The molecule has 2 rings (SSSR count). The highest BCUT2D eigenvalue weighted by atomic mass is 19.4. The summed E-state index contributed by atoms with van der Waals surface area (Å²) < 4.78 is 44.0. The van der Waals surface area contributed by atoms with E-state index in [1.54, 1.807) is 27.2 Å². The Balaban J connectivity index is 1.78. The Labute approximate surface area is 179 Å². The Kier molecular flexibility index (Phi) is 8.65. The van der Waals surface area contributed by atoms with Crippen LogP contribution in [0.1, 0.15) is 21.5 Å². The van der Waals surface area contributed by atoms with Crippen LogP contribution in [0.3, 0.4) is 0 Å². The summed E-state index contributed by atoms with van der Waals surface area (Å²) in [5.74, 6) is -0.0260. The van der Waals surface area contributed by atoms with Crippen molar-refractivity contribution in [2.75, 3.05) is 40.8 Å². The van der Waals surface area contributed by atoms with Gasteiger partial charge in [0.1, 0.15) is 12.2 Å². The van der Waals surface area contributed by atoms with Crippen LogP contribution in [0.2, 0.25) is 0 Å². The Hall–Kier alpha value is -3.30. The lowest BCUT2D eigenvalue weighted by Crippen LogP contribution is -2.40. The van der Waals surface area contributed by atoms with E-state index in [2.05, 4.69) is 20.6 Å². The number of amides is 1. The number of benzene rings is 1. The maximum Gasteiger partial charge on any atom is 0.421 e. The molecule has 1 heterocycles. The van der Waals surface area contributed by atoms with Crippen molar-refractivity contribution >= 4 is 11.9 Å². The smallest absolute Gasteiger partial charge is 0.421 e. The molecule has 0 aliphatic rings. The first-order valence-electron chi connectivity index (χ1n) is 9.62. The van der Waals surface area contributed by atoms with Gasteiger partial charge in [0.05, 0.1) is 6.54 Å². The van der Waals surface area contributed by atoms with E-state index in [-0.39, 0.29) is 19.1 Å². The van der Waals surface area contributed by atoms with Crippen molar-refractivity contribution in [2.24, 2.45) is 4.99 Å². The third-order valence-electron chi connectivity index (χ3n) is 4.22. The Morgan fingerprint density at radius 2 is 1.90 bits per heavy atom. The molecule has 31 heavy (non-hydrogen) atoms. The number of aromatic nitrogens is 1. The van der Waals surface area contributed by atoms with Crippen molar-refractivity contribution < 1.29 is 22.7 Å². The molecule has 0 unspecified atom stereocenters. The van der Waals surface area contributed by atoms with Crippen molar-refractivity contribution in [3.63, 3.8) is 0 Å². The van der Waals surface area contributed by atoms with Crippen LogP contribution >= 0.6 is 0 Å². The molecule has 0 saturated carbocycles. The Bertz CT molecular complexity index is 901. The molecule has 10 heteroatoms. The van der Waals surface area contributed by atoms with Gasteiger partial charge in [-0.2, -0.15) is 13.2 Å². The number of hydrogen-bond acceptors (Lipinski definition) is 4. The number of hydrogen-bond donors (Lipinski definition) is 2. The quantitative estimate of drug-likeness (QED) is 0.377. The molecule has 168 valence electrons. The highest BCUT2D eigenvalue weighted by molar-refractivity contribution is 5.94. The minimum atomic E-state index is -4.52. The molecule has 1 aromatic carbocycles. The first-order chi connectivity index (χ1) is 14.7. The molecule has 0 fully saturated rings. The summed E-state index contributed by atoms with van der Waals surface area (Å²) in [5, 5.41) is 6.09. The Morgan fingerprint density at radius 3 is 2.58 bits per heavy atom. The fraction of sp³-hybridized carbons (Fsp3) is 0.381. The van der Waals surface area contributed by atoms with Crippen molar-refractivity contribution in [1.82, 2.24) is 20.5 Å². The number of nitrogens with zero attached hydrogens (tertiary/aromatic N) is 3. The van der Waals surface area contributed by atoms with E-state index < -0.39 is 17.6 Å². The largest absolute Gasteiger partial charge is 0.475 e. The molecular formula is C21H26F3N5O2. The fourth-order valence-electron chi connectivity index (χ4n) is 2.70. The number of nitrogens with one attached hydrogen (secondary N) is 2. The third kappa shape index (κ3) is 7.47. The number of alkyl halides is 3. The van der Waals surface area contributed by atoms with Crippen LogP contribution in [0.25, 0.3) is 0 Å². The van der Waals surface area contributed by atoms with Gasteiger partial charge in [0.25, 0.3) is 5.91 Å². The lowest BCUT2D eigenvalue weighted by molar-refractivity contribution is -0.139. The summed E-state index contributed by atoms with van der Waals surface area (Å²) in [6.45, 7) is 0.772. The minimum Gasteiger partial charge on any atom is -0.475 e. The van der Waals surface area contributed by atoms with Gasteiger partial charge in [0.2, 0.25) is 5.88 Å². The third-order valence-corrected chi connectivity index (χ3v) is 4.22. The zero-order valence-corrected chi connectivity index (χ0v) is 17.7. The number of ether oxygens (including phenoxy) is 1. The lowest BCUT2D eigenvalue weighted by Gasteiger charge is -2.15. The van der Waals surface area contributed by atoms with E-state index >= 15 is 0 Å². The summed E-state index contributed by atoms with van der Waals surface area (Å²) in [6.07, 6.45) is -2.61. The molecule has 0 spiro atoms. The van der Waals surface area contributed by atoms with E-state index in [0.29, 0.717) is 24.5 Å². The van der Waals surface area contributed by atoms with Gasteiger partial charge in [-0.15, -0.1) is 0 Å². The topological polar surface area (TPSA) is 78.9 Å². The van der Waals surface area contributed by atoms with E-state index in [1.165, 1.54) is 17.2 Å². The van der Waals surface area contributed by atoms with Crippen LogP contribution in [0.4, 0.5) is 13.2 Å². The van der Waals surface area contributed by atoms with Gasteiger partial charge in [0, 0.05) is 39.4 Å². The molecule has 2 N–H and O–H groups in total. The Morgan fingerprint density at radius 1 is 1.16 bits per heavy atom. The summed E-state index contributed by atoms with van der Waals surface area (Å²) in [5.41, 5.74) is 0.705. The SMILES string of the molecule is CN=C(NCCOc1ncccc1C(F)(F)F)NCCc1cccc(C(=O)N(C)C)c1. The van der Waals surface area contributed by atoms with Gasteiger partial charge < -0.3 is 20.3 Å². The fourth-order valence-corrected chi connectivity index (χ4v) is 2.70. The van der Waals surface area contributed by atoms with Gasteiger partial charge >= 0.3 is 6.18 Å². The molecule has 0 aliphatic heterocycles. The van der Waals surface area contributed by atoms with E-state index in [4.69, 9.17) is 4.74 Å². The molecule has 7 nitrogen and oxygen atoms in total. The molecule has 2 aromatic rings. The highest BCUT2D eigenvalue weighted by Gasteiger charge is 2.34. The summed E-state index contributed by atoms with van der Waals surface area (Å²) in [7, 11) is 4.99. The number of rotatable bonds is 8. The number of aliphatic imine (C=N–C) groups is 1. The predicted octanol–water partition coefficient (Wildman–Crippen LogP) is 2.59. The van der Waals surface area contributed by atoms with Gasteiger partial charge in [0.15, 0.2) is 5.96 Å². The maximum atomic E-state index is 12.9. The average molecular weight is 437 g/mol. The number of carbonyl (C=O) groups excluding carboxylic acids is 1. The minimum absolute atomic E-state index is 0.0184. The first-order valence-corrected chi connectivity index (χ1v) is 9.62. The van der Waals surface area contributed by atoms with Gasteiger partial charge in [-0.25, -0.2) is 4.98 Å². The molecular weight excluding hydrogens is 411 g/mol. The highest BCUT2D eigenvalue weighted by Crippen LogP contribution is 2.34. The van der Waals surface area contributed by atoms with E-state index in [0.717, 1.165) is 11.6 Å². The van der Waals surface area contributed by atoms with Crippen LogP contribution in [0.15, 0.2) is 47.6 Å². The average Bonchev–Trinajstić information content (AvgIpc) is 2.74. The molecule has 0 atom stereocenters. The van der Waals surface area contributed by atoms with Gasteiger partial charge in [-0.1, -0.05) is 12.1 Å². The molecule has 1 aromatic heterocycles. The number of carbonyl (C=O) groups is 1. The van der Waals surface area contributed by atoms with Crippen LogP contribution < -0.4 is 15.4 Å². The van der Waals surface area contributed by atoms with Gasteiger partial charge in [-0.05, 0) is 36.2 Å². The van der Waals surface area contributed by atoms with Crippen LogP contribution in [-0.4, -0.2) is 62.6 Å². The second-order valence-corrected chi connectivity index (χ2v) is 6.78. The van der Waals surface area contributed by atoms with Crippen LogP contribution in [0, 0.1) is 0 Å². The second-order valence-electron chi connectivity index (χ2n) is 6.78. The van der Waals surface area contributed by atoms with Gasteiger partial charge in [-0.3, -0.25) is 9.79 Å². The predicted molar refractivity (Wildman–Crippen MR) is 112 cm³/mol. The number of pyridine rings is 1. The molecule has 0 aliphatic carbocycles. The monoisotopic (exact) mass is 437 g/mol. The van der Waals surface area contributed by atoms with E-state index in [9.17, 15) is 18.0 Å². The molecule has 0 saturated heterocycles. The normalized spacial score (nSPS) is 11.7. The van der Waals surface area contributed by atoms with Crippen molar-refractivity contribution in [3.8, 4) is 5.88 Å². The number of halogens is 3. The lowest BCUT2D eigenvalue weighted by atomic mass is 10.1. The van der Waals surface area contributed by atoms with Crippen molar-refractivity contribution in [2.45, 2.75) is 12.6 Å². The number of guanidine groups is 1. The summed E-state index contributed by atoms with van der Waals surface area (Å²) >= 11 is 0. The maximum absolute atomic E-state index is 12.9. The van der Waals surface area contributed by atoms with Crippen LogP contribution in [0.5, 0.6) is 5.88 Å². The molecule has 0 bridgehead atoms. The molecule has 1 amide bonds. The zero-order valence-electron chi connectivity index (χ0n) is 17.7. The van der Waals surface area contributed by atoms with Crippen molar-refractivity contribution in [1.29, 1.82) is 0 Å². The van der Waals surface area contributed by atoms with Crippen LogP contribution in [-0.2, 0) is 12.6 Å². The second kappa shape index (κ2) is 11.2. The zero-order chi connectivity index (χ0) is 22.9. The van der Waals surface area contributed by atoms with E-state index in [1.807, 2.05) is 18.2 Å². The summed E-state index contributed by atoms with van der Waals surface area (Å²) in [6, 6.07) is 9.53. The summed E-state index contributed by atoms with van der Waals surface area (Å²) in [4.78, 5) is 21.3.